The first kappa shape index (κ1) is 21.3. The fourth-order valence-corrected chi connectivity index (χ4v) is 2.69. The molecule has 3 N–H and O–H groups in total. The summed E-state index contributed by atoms with van der Waals surface area (Å²) in [7, 11) is 3.31. The molecule has 0 aliphatic rings. The largest absolute Gasteiger partial charge is 0.347 e. The maximum Gasteiger partial charge on any atom is 0.273 e. The van der Waals surface area contributed by atoms with Gasteiger partial charge in [0.1, 0.15) is 6.54 Å². The molecule has 1 heterocycles. The molecule has 28 heavy (non-hydrogen) atoms. The van der Waals surface area contributed by atoms with E-state index in [2.05, 4.69) is 15.6 Å². The zero-order valence-electron chi connectivity index (χ0n) is 15.7. The lowest BCUT2D eigenvalue weighted by atomic mass is 10.0. The summed E-state index contributed by atoms with van der Waals surface area (Å²) < 4.78 is 1.34. The van der Waals surface area contributed by atoms with Gasteiger partial charge in [0.15, 0.2) is 5.69 Å². The van der Waals surface area contributed by atoms with Gasteiger partial charge in [-0.05, 0) is 22.4 Å². The van der Waals surface area contributed by atoms with Gasteiger partial charge in [-0.1, -0.05) is 41.6 Å². The Morgan fingerprint density at radius 2 is 1.89 bits per heavy atom. The molecular weight excluding hydrogens is 380 g/mol. The molecule has 0 saturated carbocycles. The summed E-state index contributed by atoms with van der Waals surface area (Å²) in [5.41, 5.74) is 6.93. The SMILES string of the molecule is CN(C)C(=O)Cn1cc(C(=O)NC(CN)c2ccc3ccccc3c2)nn1.Cl. The molecule has 3 aromatic rings. The van der Waals surface area contributed by atoms with Crippen molar-refractivity contribution in [1.82, 2.24) is 25.2 Å². The molecule has 3 rings (SSSR count). The number of carbonyl (C=O) groups is 2. The van der Waals surface area contributed by atoms with E-state index in [1.54, 1.807) is 14.1 Å². The third kappa shape index (κ3) is 4.85. The van der Waals surface area contributed by atoms with Crippen molar-refractivity contribution in [3.05, 3.63) is 59.9 Å². The van der Waals surface area contributed by atoms with E-state index in [1.165, 1.54) is 15.8 Å². The van der Waals surface area contributed by atoms with Crippen LogP contribution in [0.3, 0.4) is 0 Å². The summed E-state index contributed by atoms with van der Waals surface area (Å²) in [6.45, 7) is 0.273. The van der Waals surface area contributed by atoms with Crippen LogP contribution in [0.2, 0.25) is 0 Å². The zero-order chi connectivity index (χ0) is 19.4. The summed E-state index contributed by atoms with van der Waals surface area (Å²) in [4.78, 5) is 25.7. The number of nitrogens with zero attached hydrogens (tertiary/aromatic N) is 4. The second kappa shape index (κ2) is 9.29. The van der Waals surface area contributed by atoms with Crippen LogP contribution in [0.15, 0.2) is 48.7 Å². The number of carbonyl (C=O) groups excluding carboxylic acids is 2. The highest BCUT2D eigenvalue weighted by Gasteiger charge is 2.18. The van der Waals surface area contributed by atoms with Crippen LogP contribution < -0.4 is 11.1 Å². The summed E-state index contributed by atoms with van der Waals surface area (Å²) in [5, 5.41) is 12.8. The van der Waals surface area contributed by atoms with Gasteiger partial charge in [0, 0.05) is 20.6 Å². The Morgan fingerprint density at radius 3 is 2.57 bits per heavy atom. The van der Waals surface area contributed by atoms with Crippen LogP contribution >= 0.6 is 12.4 Å². The Kier molecular flexibility index (Phi) is 7.08. The predicted octanol–water partition coefficient (Wildman–Crippen LogP) is 1.37. The van der Waals surface area contributed by atoms with Crippen molar-refractivity contribution in [2.45, 2.75) is 12.6 Å². The van der Waals surface area contributed by atoms with Crippen molar-refractivity contribution in [2.75, 3.05) is 20.6 Å². The highest BCUT2D eigenvalue weighted by atomic mass is 35.5. The molecule has 0 bridgehead atoms. The minimum Gasteiger partial charge on any atom is -0.347 e. The van der Waals surface area contributed by atoms with Gasteiger partial charge >= 0.3 is 0 Å². The maximum atomic E-state index is 12.5. The topological polar surface area (TPSA) is 106 Å². The van der Waals surface area contributed by atoms with Crippen LogP contribution in [-0.4, -0.2) is 52.3 Å². The van der Waals surface area contributed by atoms with Crippen molar-refractivity contribution < 1.29 is 9.59 Å². The smallest absolute Gasteiger partial charge is 0.273 e. The van der Waals surface area contributed by atoms with Crippen LogP contribution in [-0.2, 0) is 11.3 Å². The molecule has 0 aliphatic carbocycles. The average Bonchev–Trinajstić information content (AvgIpc) is 3.14. The summed E-state index contributed by atoms with van der Waals surface area (Å²) >= 11 is 0. The maximum absolute atomic E-state index is 12.5. The zero-order valence-corrected chi connectivity index (χ0v) is 16.5. The first-order chi connectivity index (χ1) is 13.0. The first-order valence-corrected chi connectivity index (χ1v) is 8.58. The predicted molar refractivity (Wildman–Crippen MR) is 109 cm³/mol. The number of hydrogen-bond acceptors (Lipinski definition) is 5. The number of fused-ring (bicyclic) bond motifs is 1. The number of halogens is 1. The van der Waals surface area contributed by atoms with Crippen LogP contribution in [0.1, 0.15) is 22.1 Å². The minimum atomic E-state index is -0.387. The molecular formula is C19H23ClN6O2. The van der Waals surface area contributed by atoms with Crippen LogP contribution in [0, 0.1) is 0 Å². The van der Waals surface area contributed by atoms with Crippen molar-refractivity contribution in [1.29, 1.82) is 0 Å². The van der Waals surface area contributed by atoms with E-state index in [0.717, 1.165) is 16.3 Å². The Labute approximate surface area is 169 Å². The lowest BCUT2D eigenvalue weighted by Gasteiger charge is -2.17. The Balaban J connectivity index is 0.00000280. The molecule has 0 saturated heterocycles. The molecule has 9 heteroatoms. The summed E-state index contributed by atoms with van der Waals surface area (Å²) in [6.07, 6.45) is 1.45. The molecule has 2 aromatic carbocycles. The third-order valence-corrected chi connectivity index (χ3v) is 4.28. The van der Waals surface area contributed by atoms with Gasteiger partial charge in [-0.2, -0.15) is 0 Å². The quantitative estimate of drug-likeness (QED) is 0.647. The Bertz CT molecular complexity index is 972. The van der Waals surface area contributed by atoms with E-state index in [9.17, 15) is 9.59 Å². The van der Waals surface area contributed by atoms with E-state index < -0.39 is 0 Å². The lowest BCUT2D eigenvalue weighted by Crippen LogP contribution is -2.33. The lowest BCUT2D eigenvalue weighted by molar-refractivity contribution is -0.129. The van der Waals surface area contributed by atoms with Gasteiger partial charge in [-0.25, -0.2) is 4.68 Å². The van der Waals surface area contributed by atoms with Crippen LogP contribution in [0.4, 0.5) is 0 Å². The number of amides is 2. The number of aromatic nitrogens is 3. The van der Waals surface area contributed by atoms with Crippen molar-refractivity contribution in [3.8, 4) is 0 Å². The molecule has 2 amide bonds. The van der Waals surface area contributed by atoms with Crippen molar-refractivity contribution >= 4 is 35.0 Å². The molecule has 1 aromatic heterocycles. The fraction of sp³-hybridized carbons (Fsp3) is 0.263. The van der Waals surface area contributed by atoms with Gasteiger partial charge < -0.3 is 16.0 Å². The number of rotatable bonds is 6. The number of hydrogen-bond donors (Lipinski definition) is 2. The standard InChI is InChI=1S/C19H22N6O2.ClH/c1-24(2)18(26)12-25-11-17(22-23-25)19(27)21-16(10-20)15-8-7-13-5-3-4-6-14(13)9-15;/h3-9,11,16H,10,12,20H2,1-2H3,(H,21,27);1H. The second-order valence-electron chi connectivity index (χ2n) is 6.46. The summed E-state index contributed by atoms with van der Waals surface area (Å²) in [6, 6.07) is 13.6. The molecule has 0 radical (unpaired) electrons. The Morgan fingerprint density at radius 1 is 1.18 bits per heavy atom. The number of benzene rings is 2. The monoisotopic (exact) mass is 402 g/mol. The fourth-order valence-electron chi connectivity index (χ4n) is 2.69. The molecule has 0 spiro atoms. The number of nitrogens with two attached hydrogens (primary N) is 1. The van der Waals surface area contributed by atoms with Crippen LogP contribution in [0.5, 0.6) is 0 Å². The second-order valence-corrected chi connectivity index (χ2v) is 6.46. The molecule has 8 nitrogen and oxygen atoms in total. The van der Waals surface area contributed by atoms with Gasteiger partial charge in [0.05, 0.1) is 12.2 Å². The third-order valence-electron chi connectivity index (χ3n) is 4.28. The van der Waals surface area contributed by atoms with E-state index in [-0.39, 0.29) is 49.0 Å². The van der Waals surface area contributed by atoms with E-state index in [4.69, 9.17) is 5.73 Å². The Hall–Kier alpha value is -2.97. The highest BCUT2D eigenvalue weighted by molar-refractivity contribution is 5.92. The van der Waals surface area contributed by atoms with Gasteiger partial charge in [0.2, 0.25) is 5.91 Å². The van der Waals surface area contributed by atoms with Crippen molar-refractivity contribution in [2.24, 2.45) is 5.73 Å². The van der Waals surface area contributed by atoms with E-state index in [0.29, 0.717) is 0 Å². The summed E-state index contributed by atoms with van der Waals surface area (Å²) in [5.74, 6) is -0.523. The van der Waals surface area contributed by atoms with Crippen molar-refractivity contribution in [3.63, 3.8) is 0 Å². The number of nitrogens with one attached hydrogen (secondary N) is 1. The molecule has 0 aliphatic heterocycles. The molecule has 1 unspecified atom stereocenters. The van der Waals surface area contributed by atoms with E-state index >= 15 is 0 Å². The van der Waals surface area contributed by atoms with Gasteiger partial charge in [-0.15, -0.1) is 17.5 Å². The van der Waals surface area contributed by atoms with E-state index in [1.807, 2.05) is 42.5 Å². The normalized spacial score (nSPS) is 11.5. The average molecular weight is 403 g/mol. The highest BCUT2D eigenvalue weighted by Crippen LogP contribution is 2.20. The van der Waals surface area contributed by atoms with Gasteiger partial charge in [0.25, 0.3) is 5.91 Å². The van der Waals surface area contributed by atoms with Crippen LogP contribution in [0.25, 0.3) is 10.8 Å². The van der Waals surface area contributed by atoms with Gasteiger partial charge in [-0.3, -0.25) is 9.59 Å². The molecule has 0 fully saturated rings. The molecule has 148 valence electrons. The number of likely N-dealkylation sites (N-methyl/N-ethyl adjacent to an activating group) is 1. The first-order valence-electron chi connectivity index (χ1n) is 8.58. The molecule has 1 atom stereocenters. The minimum absolute atomic E-state index is 0.